The number of nitrogens with zero attached hydrogens (tertiary/aromatic N) is 2. The van der Waals surface area contributed by atoms with E-state index in [0.717, 1.165) is 44.2 Å². The number of amides is 2. The fraction of sp³-hybridized carbons (Fsp3) is 0.611. The van der Waals surface area contributed by atoms with Crippen LogP contribution in [0, 0.1) is 5.82 Å². The smallest absolute Gasteiger partial charge is 0.317 e. The van der Waals surface area contributed by atoms with E-state index < -0.39 is 0 Å². The first-order valence-corrected chi connectivity index (χ1v) is 8.73. The van der Waals surface area contributed by atoms with Gasteiger partial charge in [0.1, 0.15) is 5.82 Å². The minimum Gasteiger partial charge on any atom is -0.338 e. The zero-order valence-electron chi connectivity index (χ0n) is 13.6. The van der Waals surface area contributed by atoms with Crippen molar-refractivity contribution < 1.29 is 9.18 Å². The molecule has 1 aliphatic carbocycles. The van der Waals surface area contributed by atoms with Crippen molar-refractivity contribution in [3.05, 3.63) is 35.6 Å². The molecule has 1 saturated carbocycles. The van der Waals surface area contributed by atoms with Gasteiger partial charge in [0.05, 0.1) is 0 Å². The average molecular weight is 319 g/mol. The van der Waals surface area contributed by atoms with Crippen LogP contribution < -0.4 is 5.32 Å². The molecule has 1 N–H and O–H groups in total. The Balaban J connectivity index is 1.36. The van der Waals surface area contributed by atoms with Gasteiger partial charge in [-0.15, -0.1) is 0 Å². The van der Waals surface area contributed by atoms with Crippen LogP contribution in [0.2, 0.25) is 0 Å². The molecular weight excluding hydrogens is 293 g/mol. The maximum absolute atomic E-state index is 12.8. The Morgan fingerprint density at radius 3 is 2.39 bits per heavy atom. The molecule has 1 aromatic rings. The fourth-order valence-corrected chi connectivity index (χ4v) is 3.64. The second-order valence-corrected chi connectivity index (χ2v) is 6.57. The summed E-state index contributed by atoms with van der Waals surface area (Å²) in [5.41, 5.74) is 1.04. The highest BCUT2D eigenvalue weighted by Gasteiger charge is 2.27. The molecular formula is C18H26FN3O. The van der Waals surface area contributed by atoms with Crippen molar-refractivity contribution in [1.82, 2.24) is 15.1 Å². The monoisotopic (exact) mass is 319 g/mol. The van der Waals surface area contributed by atoms with Gasteiger partial charge in [0.25, 0.3) is 0 Å². The van der Waals surface area contributed by atoms with E-state index >= 15 is 0 Å². The standard InChI is InChI=1S/C18H26FN3O/c19-16-7-5-15(6-8-16)9-10-20-18(23)22-13-11-21(12-14-22)17-3-1-2-4-17/h5-8,17H,1-4,9-14H2,(H,20,23). The van der Waals surface area contributed by atoms with Crippen molar-refractivity contribution in [3.8, 4) is 0 Å². The minimum absolute atomic E-state index is 0.0261. The Morgan fingerprint density at radius 2 is 1.74 bits per heavy atom. The molecule has 1 aliphatic heterocycles. The third-order valence-electron chi connectivity index (χ3n) is 5.05. The molecule has 0 unspecified atom stereocenters. The molecule has 0 radical (unpaired) electrons. The first kappa shape index (κ1) is 16.2. The molecule has 0 aromatic heterocycles. The number of piperazine rings is 1. The maximum Gasteiger partial charge on any atom is 0.317 e. The zero-order chi connectivity index (χ0) is 16.1. The summed E-state index contributed by atoms with van der Waals surface area (Å²) in [4.78, 5) is 16.7. The van der Waals surface area contributed by atoms with Gasteiger partial charge in [-0.05, 0) is 37.0 Å². The van der Waals surface area contributed by atoms with E-state index in [1.54, 1.807) is 12.1 Å². The van der Waals surface area contributed by atoms with Crippen LogP contribution in [-0.4, -0.2) is 54.6 Å². The van der Waals surface area contributed by atoms with Gasteiger partial charge in [-0.3, -0.25) is 4.90 Å². The van der Waals surface area contributed by atoms with Gasteiger partial charge in [-0.2, -0.15) is 0 Å². The second kappa shape index (κ2) is 7.77. The average Bonchev–Trinajstić information content (AvgIpc) is 3.11. The molecule has 0 bridgehead atoms. The largest absolute Gasteiger partial charge is 0.338 e. The lowest BCUT2D eigenvalue weighted by Gasteiger charge is -2.38. The van der Waals surface area contributed by atoms with Gasteiger partial charge in [-0.1, -0.05) is 25.0 Å². The van der Waals surface area contributed by atoms with E-state index in [4.69, 9.17) is 0 Å². The van der Waals surface area contributed by atoms with Crippen molar-refractivity contribution >= 4 is 6.03 Å². The van der Waals surface area contributed by atoms with E-state index in [1.807, 2.05) is 4.90 Å². The number of carbonyl (C=O) groups excluding carboxylic acids is 1. The van der Waals surface area contributed by atoms with Crippen molar-refractivity contribution in [1.29, 1.82) is 0 Å². The van der Waals surface area contributed by atoms with E-state index in [1.165, 1.54) is 37.8 Å². The summed E-state index contributed by atoms with van der Waals surface area (Å²) in [6.07, 6.45) is 6.09. The molecule has 3 rings (SSSR count). The quantitative estimate of drug-likeness (QED) is 0.926. The molecule has 2 amide bonds. The Bertz CT molecular complexity index is 506. The van der Waals surface area contributed by atoms with E-state index in [2.05, 4.69) is 10.2 Å². The predicted octanol–water partition coefficient (Wildman–Crippen LogP) is 2.64. The molecule has 4 nitrogen and oxygen atoms in total. The SMILES string of the molecule is O=C(NCCc1ccc(F)cc1)N1CCN(C2CCCC2)CC1. The Kier molecular flexibility index (Phi) is 5.49. The van der Waals surface area contributed by atoms with Crippen molar-refractivity contribution in [2.45, 2.75) is 38.1 Å². The van der Waals surface area contributed by atoms with Crippen molar-refractivity contribution in [3.63, 3.8) is 0 Å². The highest BCUT2D eigenvalue weighted by Crippen LogP contribution is 2.24. The van der Waals surface area contributed by atoms with Crippen molar-refractivity contribution in [2.75, 3.05) is 32.7 Å². The zero-order valence-corrected chi connectivity index (χ0v) is 13.6. The number of carbonyl (C=O) groups is 1. The highest BCUT2D eigenvalue weighted by molar-refractivity contribution is 5.74. The molecule has 1 saturated heterocycles. The first-order valence-electron chi connectivity index (χ1n) is 8.73. The number of halogens is 1. The summed E-state index contributed by atoms with van der Waals surface area (Å²) < 4.78 is 12.8. The first-order chi connectivity index (χ1) is 11.2. The lowest BCUT2D eigenvalue weighted by Crippen LogP contribution is -2.53. The van der Waals surface area contributed by atoms with Gasteiger partial charge in [-0.25, -0.2) is 9.18 Å². The summed E-state index contributed by atoms with van der Waals surface area (Å²) in [7, 11) is 0. The maximum atomic E-state index is 12.8. The van der Waals surface area contributed by atoms with Crippen LogP contribution >= 0.6 is 0 Å². The lowest BCUT2D eigenvalue weighted by atomic mass is 10.1. The molecule has 1 heterocycles. The molecule has 126 valence electrons. The van der Waals surface area contributed by atoms with E-state index in [-0.39, 0.29) is 11.8 Å². The fourth-order valence-electron chi connectivity index (χ4n) is 3.64. The molecule has 23 heavy (non-hydrogen) atoms. The van der Waals surface area contributed by atoms with Crippen molar-refractivity contribution in [2.24, 2.45) is 0 Å². The molecule has 2 fully saturated rings. The van der Waals surface area contributed by atoms with Gasteiger partial charge in [0.2, 0.25) is 0 Å². The molecule has 0 spiro atoms. The second-order valence-electron chi connectivity index (χ2n) is 6.57. The molecule has 5 heteroatoms. The number of nitrogens with one attached hydrogen (secondary N) is 1. The normalized spacial score (nSPS) is 20.0. The van der Waals surface area contributed by atoms with E-state index in [0.29, 0.717) is 6.54 Å². The highest BCUT2D eigenvalue weighted by atomic mass is 19.1. The lowest BCUT2D eigenvalue weighted by molar-refractivity contribution is 0.110. The summed E-state index contributed by atoms with van der Waals surface area (Å²) >= 11 is 0. The van der Waals surface area contributed by atoms with Gasteiger partial charge >= 0.3 is 6.03 Å². The number of urea groups is 1. The van der Waals surface area contributed by atoms with Crippen LogP contribution in [-0.2, 0) is 6.42 Å². The van der Waals surface area contributed by atoms with Gasteiger partial charge < -0.3 is 10.2 Å². The topological polar surface area (TPSA) is 35.6 Å². The molecule has 0 atom stereocenters. The number of hydrogen-bond acceptors (Lipinski definition) is 2. The van der Waals surface area contributed by atoms with Crippen LogP contribution in [0.5, 0.6) is 0 Å². The Morgan fingerprint density at radius 1 is 1.09 bits per heavy atom. The van der Waals surface area contributed by atoms with Crippen LogP contribution in [0.3, 0.4) is 0 Å². The van der Waals surface area contributed by atoms with Crippen LogP contribution in [0.15, 0.2) is 24.3 Å². The third kappa shape index (κ3) is 4.44. The Hall–Kier alpha value is -1.62. The van der Waals surface area contributed by atoms with Crippen LogP contribution in [0.1, 0.15) is 31.2 Å². The van der Waals surface area contributed by atoms with Crippen LogP contribution in [0.25, 0.3) is 0 Å². The number of rotatable bonds is 4. The summed E-state index contributed by atoms with van der Waals surface area (Å²) in [5, 5.41) is 2.97. The molecule has 1 aromatic carbocycles. The number of hydrogen-bond donors (Lipinski definition) is 1. The minimum atomic E-state index is -0.224. The Labute approximate surface area is 137 Å². The van der Waals surface area contributed by atoms with Gasteiger partial charge in [0.15, 0.2) is 0 Å². The summed E-state index contributed by atoms with van der Waals surface area (Å²) in [6, 6.07) is 7.22. The third-order valence-corrected chi connectivity index (χ3v) is 5.05. The van der Waals surface area contributed by atoms with Crippen LogP contribution in [0.4, 0.5) is 9.18 Å². The predicted molar refractivity (Wildman–Crippen MR) is 88.9 cm³/mol. The van der Waals surface area contributed by atoms with Gasteiger partial charge in [0, 0.05) is 38.8 Å². The van der Waals surface area contributed by atoms with E-state index in [9.17, 15) is 9.18 Å². The summed E-state index contributed by atoms with van der Waals surface area (Å²) in [6.45, 7) is 4.22. The molecule has 2 aliphatic rings. The summed E-state index contributed by atoms with van der Waals surface area (Å²) in [5.74, 6) is -0.224. The number of benzene rings is 1.